The third kappa shape index (κ3) is 5.52. The van der Waals surface area contributed by atoms with Crippen LogP contribution in [0.1, 0.15) is 65.2 Å². The molecule has 2 aliphatic rings. The maximum Gasteiger partial charge on any atom is 0.221 e. The van der Waals surface area contributed by atoms with Crippen molar-refractivity contribution in [3.8, 4) is 0 Å². The molecule has 2 atom stereocenters. The molecule has 0 radical (unpaired) electrons. The molecule has 0 heterocycles. The molecular formula is C16H30N2O. The summed E-state index contributed by atoms with van der Waals surface area (Å²) in [6.45, 7) is 5.54. The van der Waals surface area contributed by atoms with Crippen LogP contribution in [0.3, 0.4) is 0 Å². The fourth-order valence-corrected chi connectivity index (χ4v) is 3.12. The molecule has 1 amide bonds. The van der Waals surface area contributed by atoms with Crippen LogP contribution < -0.4 is 10.6 Å². The van der Waals surface area contributed by atoms with Crippen molar-refractivity contribution in [1.82, 2.24) is 10.6 Å². The van der Waals surface area contributed by atoms with Gasteiger partial charge in [0.1, 0.15) is 0 Å². The first-order valence-corrected chi connectivity index (χ1v) is 8.18. The minimum atomic E-state index is 0.226. The van der Waals surface area contributed by atoms with E-state index in [0.29, 0.717) is 18.5 Å². The third-order valence-corrected chi connectivity index (χ3v) is 4.68. The molecule has 2 aliphatic carbocycles. The highest BCUT2D eigenvalue weighted by molar-refractivity contribution is 5.76. The number of carbonyl (C=O) groups excluding carboxylic acids is 1. The van der Waals surface area contributed by atoms with Crippen LogP contribution in [0.5, 0.6) is 0 Å². The number of hydrogen-bond acceptors (Lipinski definition) is 2. The lowest BCUT2D eigenvalue weighted by atomic mass is 9.89. The molecule has 0 aromatic carbocycles. The summed E-state index contributed by atoms with van der Waals surface area (Å²) in [5, 5.41) is 6.63. The molecule has 0 aliphatic heterocycles. The van der Waals surface area contributed by atoms with Crippen LogP contribution in [0.15, 0.2) is 0 Å². The fourth-order valence-electron chi connectivity index (χ4n) is 3.12. The first-order valence-electron chi connectivity index (χ1n) is 8.18. The number of carbonyl (C=O) groups is 1. The topological polar surface area (TPSA) is 41.1 Å². The van der Waals surface area contributed by atoms with E-state index < -0.39 is 0 Å². The zero-order chi connectivity index (χ0) is 13.7. The van der Waals surface area contributed by atoms with Gasteiger partial charge in [0.05, 0.1) is 0 Å². The van der Waals surface area contributed by atoms with Crippen molar-refractivity contribution in [3.05, 3.63) is 0 Å². The number of amides is 1. The van der Waals surface area contributed by atoms with E-state index in [1.807, 2.05) is 0 Å². The molecule has 0 saturated heterocycles. The largest absolute Gasteiger partial charge is 0.353 e. The van der Waals surface area contributed by atoms with Crippen molar-refractivity contribution in [1.29, 1.82) is 0 Å². The van der Waals surface area contributed by atoms with E-state index in [1.165, 1.54) is 44.9 Å². The Morgan fingerprint density at radius 2 is 1.79 bits per heavy atom. The summed E-state index contributed by atoms with van der Waals surface area (Å²) in [5.41, 5.74) is 0. The minimum absolute atomic E-state index is 0.226. The first kappa shape index (κ1) is 14.8. The van der Waals surface area contributed by atoms with Gasteiger partial charge in [-0.05, 0) is 43.9 Å². The Balaban J connectivity index is 1.58. The monoisotopic (exact) mass is 266 g/mol. The summed E-state index contributed by atoms with van der Waals surface area (Å²) < 4.78 is 0. The average molecular weight is 266 g/mol. The van der Waals surface area contributed by atoms with Crippen molar-refractivity contribution in [2.45, 2.75) is 77.3 Å². The van der Waals surface area contributed by atoms with Gasteiger partial charge in [0.25, 0.3) is 0 Å². The van der Waals surface area contributed by atoms with E-state index in [9.17, 15) is 4.79 Å². The quantitative estimate of drug-likeness (QED) is 0.726. The Kier molecular flexibility index (Phi) is 5.68. The fraction of sp³-hybridized carbons (Fsp3) is 0.938. The van der Waals surface area contributed by atoms with E-state index >= 15 is 0 Å². The van der Waals surface area contributed by atoms with Crippen molar-refractivity contribution in [2.24, 2.45) is 11.8 Å². The van der Waals surface area contributed by atoms with E-state index in [1.54, 1.807) is 0 Å². The van der Waals surface area contributed by atoms with E-state index in [2.05, 4.69) is 24.5 Å². The lowest BCUT2D eigenvalue weighted by Gasteiger charge is -2.19. The van der Waals surface area contributed by atoms with E-state index in [-0.39, 0.29) is 5.91 Å². The van der Waals surface area contributed by atoms with Gasteiger partial charge < -0.3 is 10.6 Å². The van der Waals surface area contributed by atoms with Gasteiger partial charge in [-0.3, -0.25) is 4.79 Å². The highest BCUT2D eigenvalue weighted by Crippen LogP contribution is 2.28. The zero-order valence-corrected chi connectivity index (χ0v) is 12.6. The molecule has 2 rings (SSSR count). The van der Waals surface area contributed by atoms with Crippen LogP contribution in [0, 0.1) is 11.8 Å². The molecule has 0 bridgehead atoms. The van der Waals surface area contributed by atoms with Crippen LogP contribution in [-0.4, -0.2) is 24.5 Å². The second kappa shape index (κ2) is 7.28. The smallest absolute Gasteiger partial charge is 0.221 e. The molecule has 3 nitrogen and oxygen atoms in total. The molecule has 0 aromatic rings. The molecule has 2 fully saturated rings. The lowest BCUT2D eigenvalue weighted by molar-refractivity contribution is -0.121. The summed E-state index contributed by atoms with van der Waals surface area (Å²) in [7, 11) is 0. The maximum atomic E-state index is 11.6. The van der Waals surface area contributed by atoms with Gasteiger partial charge in [-0.1, -0.05) is 26.7 Å². The molecule has 3 heteroatoms. The van der Waals surface area contributed by atoms with Crippen molar-refractivity contribution >= 4 is 5.91 Å². The third-order valence-electron chi connectivity index (χ3n) is 4.68. The standard InChI is InChI=1S/C16H30N2O/c1-12(2)13-4-3-5-14(7-6-13)17-11-10-16(19)18-15-8-9-15/h12-15,17H,3-11H2,1-2H3,(H,18,19). The average Bonchev–Trinajstić information content (AvgIpc) is 3.16. The van der Waals surface area contributed by atoms with Crippen molar-refractivity contribution in [3.63, 3.8) is 0 Å². The van der Waals surface area contributed by atoms with Gasteiger partial charge in [0.2, 0.25) is 5.91 Å². The highest BCUT2D eigenvalue weighted by atomic mass is 16.1. The van der Waals surface area contributed by atoms with E-state index in [0.717, 1.165) is 18.4 Å². The summed E-state index contributed by atoms with van der Waals surface area (Å²) >= 11 is 0. The van der Waals surface area contributed by atoms with Gasteiger partial charge in [-0.2, -0.15) is 0 Å². The zero-order valence-electron chi connectivity index (χ0n) is 12.6. The molecule has 2 N–H and O–H groups in total. The second-order valence-corrected chi connectivity index (χ2v) is 6.76. The van der Waals surface area contributed by atoms with Crippen molar-refractivity contribution in [2.75, 3.05) is 6.54 Å². The second-order valence-electron chi connectivity index (χ2n) is 6.76. The Morgan fingerprint density at radius 1 is 1.05 bits per heavy atom. The SMILES string of the molecule is CC(C)C1CCCC(NCCC(=O)NC2CC2)CC1. The maximum absolute atomic E-state index is 11.6. The predicted molar refractivity (Wildman–Crippen MR) is 79.0 cm³/mol. The summed E-state index contributed by atoms with van der Waals surface area (Å²) in [6.07, 6.45) is 9.65. The first-order chi connectivity index (χ1) is 9.15. The van der Waals surface area contributed by atoms with Crippen molar-refractivity contribution < 1.29 is 4.79 Å². The number of nitrogens with one attached hydrogen (secondary N) is 2. The Labute approximate surface area is 117 Å². The normalized spacial score (nSPS) is 28.2. The summed E-state index contributed by atoms with van der Waals surface area (Å²) in [5.74, 6) is 1.96. The van der Waals surface area contributed by atoms with Crippen LogP contribution in [0.2, 0.25) is 0 Å². The Bertz CT molecular complexity index is 286. The van der Waals surface area contributed by atoms with Crippen LogP contribution >= 0.6 is 0 Å². The molecule has 0 spiro atoms. The molecule has 2 unspecified atom stereocenters. The van der Waals surface area contributed by atoms with Crippen LogP contribution in [0.4, 0.5) is 0 Å². The predicted octanol–water partition coefficient (Wildman–Crippen LogP) is 2.85. The van der Waals surface area contributed by atoms with Crippen LogP contribution in [0.25, 0.3) is 0 Å². The Morgan fingerprint density at radius 3 is 2.47 bits per heavy atom. The summed E-state index contributed by atoms with van der Waals surface area (Å²) in [6, 6.07) is 1.13. The molecule has 19 heavy (non-hydrogen) atoms. The van der Waals surface area contributed by atoms with Gasteiger partial charge in [-0.15, -0.1) is 0 Å². The number of hydrogen-bond donors (Lipinski definition) is 2. The van der Waals surface area contributed by atoms with Gasteiger partial charge >= 0.3 is 0 Å². The van der Waals surface area contributed by atoms with E-state index in [4.69, 9.17) is 0 Å². The van der Waals surface area contributed by atoms with Gasteiger partial charge in [-0.25, -0.2) is 0 Å². The molecule has 0 aromatic heterocycles. The molecule has 2 saturated carbocycles. The molecule has 110 valence electrons. The van der Waals surface area contributed by atoms with Gasteiger partial charge in [0, 0.05) is 25.0 Å². The van der Waals surface area contributed by atoms with Crippen LogP contribution in [-0.2, 0) is 4.79 Å². The van der Waals surface area contributed by atoms with Gasteiger partial charge in [0.15, 0.2) is 0 Å². The highest BCUT2D eigenvalue weighted by Gasteiger charge is 2.23. The number of rotatable bonds is 6. The summed E-state index contributed by atoms with van der Waals surface area (Å²) in [4.78, 5) is 11.6. The molecular weight excluding hydrogens is 236 g/mol. The minimum Gasteiger partial charge on any atom is -0.353 e. The Hall–Kier alpha value is -0.570. The lowest BCUT2D eigenvalue weighted by Crippen LogP contribution is -2.34.